The van der Waals surface area contributed by atoms with E-state index in [0.717, 1.165) is 44.4 Å². The maximum Gasteiger partial charge on any atom is 0.130 e. The third-order valence-corrected chi connectivity index (χ3v) is 5.50. The number of hydrogen-bond donors (Lipinski definition) is 0. The number of likely N-dealkylation sites (tertiary alicyclic amines) is 1. The second-order valence-electron chi connectivity index (χ2n) is 5.87. The average Bonchev–Trinajstić information content (AvgIpc) is 2.62. The van der Waals surface area contributed by atoms with Crippen molar-refractivity contribution in [3.8, 4) is 5.75 Å². The molecular weight excluding hydrogens is 406 g/mol. The third-order valence-electron chi connectivity index (χ3n) is 4.16. The summed E-state index contributed by atoms with van der Waals surface area (Å²) in [6.07, 6.45) is 3.68. The van der Waals surface area contributed by atoms with E-state index in [1.165, 1.54) is 19.3 Å². The molecule has 0 unspecified atom stereocenters. The highest BCUT2D eigenvalue weighted by atomic mass is 79.9. The van der Waals surface area contributed by atoms with Gasteiger partial charge in [-0.05, 0) is 43.5 Å². The van der Waals surface area contributed by atoms with Gasteiger partial charge in [-0.15, -0.1) is 0 Å². The minimum atomic E-state index is 0.427. The quantitative estimate of drug-likeness (QED) is 0.572. The molecule has 2 aromatic rings. The molecule has 1 aliphatic heterocycles. The lowest BCUT2D eigenvalue weighted by molar-refractivity contribution is 0.303. The van der Waals surface area contributed by atoms with Gasteiger partial charge in [0.05, 0.1) is 5.56 Å². The van der Waals surface area contributed by atoms with Crippen molar-refractivity contribution in [1.82, 2.24) is 4.90 Å². The van der Waals surface area contributed by atoms with Crippen molar-refractivity contribution in [1.29, 1.82) is 0 Å². The highest BCUT2D eigenvalue weighted by Crippen LogP contribution is 2.28. The van der Waals surface area contributed by atoms with E-state index in [1.54, 1.807) is 0 Å². The maximum absolute atomic E-state index is 6.22. The highest BCUT2D eigenvalue weighted by molar-refractivity contribution is 9.10. The molecule has 5 heteroatoms. The van der Waals surface area contributed by atoms with Crippen LogP contribution in [0.2, 0.25) is 5.02 Å². The van der Waals surface area contributed by atoms with E-state index in [1.807, 2.05) is 42.5 Å². The molecule has 126 valence electrons. The van der Waals surface area contributed by atoms with E-state index in [-0.39, 0.29) is 0 Å². The molecule has 0 N–H and O–H groups in total. The molecule has 0 aliphatic carbocycles. The van der Waals surface area contributed by atoms with Crippen LogP contribution in [0.4, 0.5) is 0 Å². The summed E-state index contributed by atoms with van der Waals surface area (Å²) in [6, 6.07) is 13.7. The molecule has 1 fully saturated rings. The fraction of sp³-hybridized carbons (Fsp3) is 0.316. The molecule has 1 aliphatic rings. The predicted molar refractivity (Wildman–Crippen MR) is 107 cm³/mol. The van der Waals surface area contributed by atoms with Gasteiger partial charge in [0.1, 0.15) is 17.3 Å². The Morgan fingerprint density at radius 3 is 2.62 bits per heavy atom. The summed E-state index contributed by atoms with van der Waals surface area (Å²) in [5.41, 5.74) is 1.94. The molecule has 2 aromatic carbocycles. The van der Waals surface area contributed by atoms with Crippen LogP contribution >= 0.6 is 39.7 Å². The Bertz CT molecular complexity index is 731. The van der Waals surface area contributed by atoms with Crippen molar-refractivity contribution in [2.24, 2.45) is 0 Å². The van der Waals surface area contributed by atoms with E-state index < -0.39 is 0 Å². The van der Waals surface area contributed by atoms with Gasteiger partial charge in [-0.1, -0.05) is 57.9 Å². The molecule has 0 atom stereocenters. The molecule has 1 heterocycles. The molecule has 3 rings (SSSR count). The second-order valence-corrected chi connectivity index (χ2v) is 7.58. The van der Waals surface area contributed by atoms with Gasteiger partial charge in [0.2, 0.25) is 0 Å². The Hall–Kier alpha value is -1.10. The van der Waals surface area contributed by atoms with Crippen LogP contribution in [-0.4, -0.2) is 23.0 Å². The molecule has 0 saturated carbocycles. The summed E-state index contributed by atoms with van der Waals surface area (Å²) in [7, 11) is 0. The average molecular weight is 425 g/mol. The van der Waals surface area contributed by atoms with Crippen LogP contribution in [0.3, 0.4) is 0 Å². The molecule has 0 spiro atoms. The number of ether oxygens (including phenoxy) is 1. The molecule has 24 heavy (non-hydrogen) atoms. The highest BCUT2D eigenvalue weighted by Gasteiger charge is 2.18. The first kappa shape index (κ1) is 17.7. The van der Waals surface area contributed by atoms with Crippen LogP contribution in [0.25, 0.3) is 0 Å². The SMILES string of the molecule is S=C(c1cc(Br)ccc1OCc1ccccc1Cl)N1CCCCC1. The predicted octanol–water partition coefficient (Wildman–Crippen LogP) is 5.84. The summed E-state index contributed by atoms with van der Waals surface area (Å²) in [6.45, 7) is 2.47. The maximum atomic E-state index is 6.22. The molecule has 0 radical (unpaired) electrons. The zero-order chi connectivity index (χ0) is 16.9. The number of rotatable bonds is 4. The van der Waals surface area contributed by atoms with Crippen molar-refractivity contribution in [3.05, 3.63) is 63.1 Å². The van der Waals surface area contributed by atoms with Gasteiger partial charge in [0.25, 0.3) is 0 Å². The monoisotopic (exact) mass is 423 g/mol. The smallest absolute Gasteiger partial charge is 0.130 e. The summed E-state index contributed by atoms with van der Waals surface area (Å²) >= 11 is 15.5. The molecule has 2 nitrogen and oxygen atoms in total. The van der Waals surface area contributed by atoms with Crippen molar-refractivity contribution in [2.75, 3.05) is 13.1 Å². The molecule has 0 bridgehead atoms. The fourth-order valence-electron chi connectivity index (χ4n) is 2.83. The van der Waals surface area contributed by atoms with Crippen LogP contribution < -0.4 is 4.74 Å². The first-order valence-corrected chi connectivity index (χ1v) is 9.68. The first-order valence-electron chi connectivity index (χ1n) is 8.10. The normalized spacial score (nSPS) is 14.5. The van der Waals surface area contributed by atoms with Crippen LogP contribution in [0.5, 0.6) is 5.75 Å². The van der Waals surface area contributed by atoms with E-state index in [0.29, 0.717) is 6.61 Å². The standard InChI is InChI=1S/C19H19BrClNOS/c20-15-8-9-18(23-13-14-6-2-3-7-17(14)21)16(12-15)19(24)22-10-4-1-5-11-22/h2-3,6-9,12H,1,4-5,10-11,13H2. The number of nitrogens with zero attached hydrogens (tertiary/aromatic N) is 1. The minimum Gasteiger partial charge on any atom is -0.488 e. The third kappa shape index (κ3) is 4.29. The van der Waals surface area contributed by atoms with Gasteiger partial charge in [-0.3, -0.25) is 0 Å². The number of hydrogen-bond acceptors (Lipinski definition) is 2. The van der Waals surface area contributed by atoms with Crippen LogP contribution in [0, 0.1) is 0 Å². The number of piperidine rings is 1. The van der Waals surface area contributed by atoms with E-state index in [9.17, 15) is 0 Å². The van der Waals surface area contributed by atoms with Gasteiger partial charge >= 0.3 is 0 Å². The van der Waals surface area contributed by atoms with Crippen molar-refractivity contribution in [2.45, 2.75) is 25.9 Å². The van der Waals surface area contributed by atoms with Gasteiger partial charge in [0, 0.05) is 28.1 Å². The lowest BCUT2D eigenvalue weighted by atomic mass is 10.1. The molecule has 0 amide bonds. The largest absolute Gasteiger partial charge is 0.488 e. The minimum absolute atomic E-state index is 0.427. The molecular formula is C19H19BrClNOS. The van der Waals surface area contributed by atoms with E-state index in [4.69, 9.17) is 28.6 Å². The summed E-state index contributed by atoms with van der Waals surface area (Å²) in [5.74, 6) is 0.800. The Morgan fingerprint density at radius 1 is 1.12 bits per heavy atom. The van der Waals surface area contributed by atoms with Crippen molar-refractivity contribution < 1.29 is 4.74 Å². The summed E-state index contributed by atoms with van der Waals surface area (Å²) < 4.78 is 7.05. The van der Waals surface area contributed by atoms with E-state index >= 15 is 0 Å². The van der Waals surface area contributed by atoms with Crippen LogP contribution in [-0.2, 0) is 6.61 Å². The first-order chi connectivity index (χ1) is 11.6. The number of benzene rings is 2. The molecule has 1 saturated heterocycles. The molecule has 0 aromatic heterocycles. The summed E-state index contributed by atoms with van der Waals surface area (Å²) in [4.78, 5) is 3.15. The van der Waals surface area contributed by atoms with Crippen molar-refractivity contribution >= 4 is 44.7 Å². The Kier molecular flexibility index (Phi) is 6.14. The fourth-order valence-corrected chi connectivity index (χ4v) is 3.73. The number of thiocarbonyl (C=S) groups is 1. The van der Waals surface area contributed by atoms with Gasteiger partial charge in [-0.2, -0.15) is 0 Å². The Labute approximate surface area is 161 Å². The number of halogens is 2. The van der Waals surface area contributed by atoms with Crippen LogP contribution in [0.15, 0.2) is 46.9 Å². The van der Waals surface area contributed by atoms with E-state index in [2.05, 4.69) is 20.8 Å². The topological polar surface area (TPSA) is 12.5 Å². The van der Waals surface area contributed by atoms with Gasteiger partial charge in [-0.25, -0.2) is 0 Å². The lowest BCUT2D eigenvalue weighted by Gasteiger charge is -2.30. The van der Waals surface area contributed by atoms with Gasteiger partial charge in [0.15, 0.2) is 0 Å². The summed E-state index contributed by atoms with van der Waals surface area (Å²) in [5, 5.41) is 0.717. The second kappa shape index (κ2) is 8.32. The van der Waals surface area contributed by atoms with Gasteiger partial charge < -0.3 is 9.64 Å². The van der Waals surface area contributed by atoms with Crippen LogP contribution in [0.1, 0.15) is 30.4 Å². The Balaban J connectivity index is 1.80. The zero-order valence-electron chi connectivity index (χ0n) is 13.3. The lowest BCUT2D eigenvalue weighted by Crippen LogP contribution is -2.35. The Morgan fingerprint density at radius 2 is 1.88 bits per heavy atom. The zero-order valence-corrected chi connectivity index (χ0v) is 16.5. The van der Waals surface area contributed by atoms with Crippen molar-refractivity contribution in [3.63, 3.8) is 0 Å².